The fourth-order valence-electron chi connectivity index (χ4n) is 2.26. The summed E-state index contributed by atoms with van der Waals surface area (Å²) in [5.74, 6) is -0.277. The van der Waals surface area contributed by atoms with Gasteiger partial charge in [0.05, 0.1) is 10.7 Å². The van der Waals surface area contributed by atoms with E-state index in [-0.39, 0.29) is 11.7 Å². The summed E-state index contributed by atoms with van der Waals surface area (Å²) in [4.78, 5) is 14.9. The number of benzene rings is 1. The topological polar surface area (TPSA) is 20.3 Å². The maximum Gasteiger partial charge on any atom is 0.227 e. The minimum Gasteiger partial charge on any atom is -0.311 e. The van der Waals surface area contributed by atoms with Crippen molar-refractivity contribution < 1.29 is 9.18 Å². The Balaban J connectivity index is 2.59. The molecule has 0 spiro atoms. The van der Waals surface area contributed by atoms with Crippen LogP contribution >= 0.6 is 23.4 Å². The summed E-state index contributed by atoms with van der Waals surface area (Å²) in [5, 5.41) is 0.342. The summed E-state index contributed by atoms with van der Waals surface area (Å²) in [5.41, 5.74) is 1.55. The van der Waals surface area contributed by atoms with Gasteiger partial charge in [0, 0.05) is 23.4 Å². The zero-order valence-corrected chi connectivity index (χ0v) is 12.4. The van der Waals surface area contributed by atoms with Gasteiger partial charge in [0.1, 0.15) is 5.82 Å². The molecule has 1 aromatic carbocycles. The van der Waals surface area contributed by atoms with Crippen LogP contribution < -0.4 is 0 Å². The van der Waals surface area contributed by atoms with Gasteiger partial charge in [-0.2, -0.15) is 0 Å². The Morgan fingerprint density at radius 1 is 1.42 bits per heavy atom. The molecule has 1 amide bonds. The molecule has 1 aromatic rings. The Bertz CT molecular complexity index is 544. The van der Waals surface area contributed by atoms with Crippen LogP contribution in [0.1, 0.15) is 25.3 Å². The van der Waals surface area contributed by atoms with Crippen LogP contribution in [0.2, 0.25) is 5.02 Å². The first kappa shape index (κ1) is 14.4. The molecule has 0 aliphatic carbocycles. The molecule has 0 fully saturated rings. The highest BCUT2D eigenvalue weighted by Gasteiger charge is 2.27. The first-order valence-corrected chi connectivity index (χ1v) is 7.71. The van der Waals surface area contributed by atoms with Crippen molar-refractivity contribution in [2.24, 2.45) is 0 Å². The number of nitrogens with zero attached hydrogens (tertiary/aromatic N) is 1. The van der Waals surface area contributed by atoms with Crippen LogP contribution in [-0.4, -0.2) is 23.6 Å². The van der Waals surface area contributed by atoms with Crippen molar-refractivity contribution in [1.82, 2.24) is 4.90 Å². The van der Waals surface area contributed by atoms with Crippen LogP contribution in [0.15, 0.2) is 23.1 Å². The molecule has 0 saturated carbocycles. The number of halogens is 2. The molecule has 0 bridgehead atoms. The molecule has 1 aliphatic heterocycles. The van der Waals surface area contributed by atoms with Gasteiger partial charge in [-0.3, -0.25) is 4.79 Å². The van der Waals surface area contributed by atoms with Gasteiger partial charge in [0.25, 0.3) is 0 Å². The normalized spacial score (nSPS) is 16.2. The molecule has 5 heteroatoms. The molecule has 0 unspecified atom stereocenters. The molecule has 19 heavy (non-hydrogen) atoms. The Hall–Kier alpha value is -1.00. The zero-order chi connectivity index (χ0) is 14.0. The Kier molecular flexibility index (Phi) is 4.53. The highest BCUT2D eigenvalue weighted by molar-refractivity contribution is 8.02. The van der Waals surface area contributed by atoms with Gasteiger partial charge >= 0.3 is 0 Å². The smallest absolute Gasteiger partial charge is 0.227 e. The standard InChI is InChI=1S/C14H15ClFNOS/c1-3-17-13(18)7-6-12(19-2)14(17)10-5-4-9(16)8-11(10)15/h4-5,8H,3,6-7H2,1-2H3. The summed E-state index contributed by atoms with van der Waals surface area (Å²) in [6.45, 7) is 2.52. The number of thioether (sulfide) groups is 1. The molecule has 102 valence electrons. The van der Waals surface area contributed by atoms with E-state index in [1.807, 2.05) is 13.2 Å². The van der Waals surface area contributed by atoms with Crippen LogP contribution in [0.4, 0.5) is 4.39 Å². The second-order valence-electron chi connectivity index (χ2n) is 4.24. The molecule has 0 aromatic heterocycles. The molecule has 1 aliphatic rings. The summed E-state index contributed by atoms with van der Waals surface area (Å²) in [7, 11) is 0. The van der Waals surface area contributed by atoms with Crippen molar-refractivity contribution in [3.8, 4) is 0 Å². The van der Waals surface area contributed by atoms with Gasteiger partial charge in [-0.15, -0.1) is 11.8 Å². The number of hydrogen-bond acceptors (Lipinski definition) is 2. The number of carbonyl (C=O) groups is 1. The molecule has 0 atom stereocenters. The van der Waals surface area contributed by atoms with Gasteiger partial charge < -0.3 is 4.90 Å². The molecule has 1 heterocycles. The summed E-state index contributed by atoms with van der Waals surface area (Å²) >= 11 is 7.75. The maximum atomic E-state index is 13.2. The van der Waals surface area contributed by atoms with E-state index >= 15 is 0 Å². The molecular weight excluding hydrogens is 285 g/mol. The quantitative estimate of drug-likeness (QED) is 0.835. The zero-order valence-electron chi connectivity index (χ0n) is 10.9. The Morgan fingerprint density at radius 2 is 2.16 bits per heavy atom. The van der Waals surface area contributed by atoms with E-state index in [2.05, 4.69) is 0 Å². The lowest BCUT2D eigenvalue weighted by molar-refractivity contribution is -0.128. The molecule has 2 nitrogen and oxygen atoms in total. The van der Waals surface area contributed by atoms with Crippen molar-refractivity contribution in [2.45, 2.75) is 19.8 Å². The Labute approximate surface area is 121 Å². The molecule has 0 saturated heterocycles. The predicted octanol–water partition coefficient (Wildman–Crippen LogP) is 4.15. The van der Waals surface area contributed by atoms with Crippen molar-refractivity contribution >= 4 is 35.0 Å². The van der Waals surface area contributed by atoms with E-state index < -0.39 is 0 Å². The van der Waals surface area contributed by atoms with Crippen molar-refractivity contribution in [1.29, 1.82) is 0 Å². The summed E-state index contributed by atoms with van der Waals surface area (Å²) in [6.07, 6.45) is 3.22. The van der Waals surface area contributed by atoms with Gasteiger partial charge in [0.15, 0.2) is 0 Å². The molecule has 2 rings (SSSR count). The van der Waals surface area contributed by atoms with E-state index in [0.717, 1.165) is 22.6 Å². The van der Waals surface area contributed by atoms with Crippen LogP contribution in [0.3, 0.4) is 0 Å². The van der Waals surface area contributed by atoms with E-state index in [4.69, 9.17) is 11.6 Å². The molecule has 0 radical (unpaired) electrons. The number of rotatable bonds is 3. The number of amides is 1. The highest BCUT2D eigenvalue weighted by Crippen LogP contribution is 2.38. The lowest BCUT2D eigenvalue weighted by Crippen LogP contribution is -2.33. The minimum absolute atomic E-state index is 0.0932. The monoisotopic (exact) mass is 299 g/mol. The maximum absolute atomic E-state index is 13.2. The van der Waals surface area contributed by atoms with E-state index in [9.17, 15) is 9.18 Å². The van der Waals surface area contributed by atoms with E-state index in [0.29, 0.717) is 18.0 Å². The average Bonchev–Trinajstić information content (AvgIpc) is 2.38. The third-order valence-electron chi connectivity index (χ3n) is 3.15. The van der Waals surface area contributed by atoms with E-state index in [1.165, 1.54) is 12.1 Å². The first-order valence-electron chi connectivity index (χ1n) is 6.11. The Morgan fingerprint density at radius 3 is 2.74 bits per heavy atom. The third kappa shape index (κ3) is 2.79. The van der Waals surface area contributed by atoms with Crippen molar-refractivity contribution in [3.05, 3.63) is 39.5 Å². The molecular formula is C14H15ClFNOS. The lowest BCUT2D eigenvalue weighted by Gasteiger charge is -2.31. The van der Waals surface area contributed by atoms with Crippen molar-refractivity contribution in [3.63, 3.8) is 0 Å². The van der Waals surface area contributed by atoms with Gasteiger partial charge in [-0.25, -0.2) is 4.39 Å². The largest absolute Gasteiger partial charge is 0.311 e. The van der Waals surface area contributed by atoms with Crippen molar-refractivity contribution in [2.75, 3.05) is 12.8 Å². The van der Waals surface area contributed by atoms with Crippen LogP contribution in [0, 0.1) is 5.82 Å². The fourth-order valence-corrected chi connectivity index (χ4v) is 3.24. The van der Waals surface area contributed by atoms with Gasteiger partial charge in [0.2, 0.25) is 5.91 Å². The summed E-state index contributed by atoms with van der Waals surface area (Å²) in [6, 6.07) is 4.30. The lowest BCUT2D eigenvalue weighted by atomic mass is 10.0. The molecule has 0 N–H and O–H groups in total. The summed E-state index contributed by atoms with van der Waals surface area (Å²) < 4.78 is 13.2. The highest BCUT2D eigenvalue weighted by atomic mass is 35.5. The number of carbonyl (C=O) groups excluding carboxylic acids is 1. The van der Waals surface area contributed by atoms with Gasteiger partial charge in [-0.1, -0.05) is 11.6 Å². The van der Waals surface area contributed by atoms with Crippen LogP contribution in [0.25, 0.3) is 5.70 Å². The minimum atomic E-state index is -0.370. The predicted molar refractivity (Wildman–Crippen MR) is 78.5 cm³/mol. The fraction of sp³-hybridized carbons (Fsp3) is 0.357. The number of hydrogen-bond donors (Lipinski definition) is 0. The van der Waals surface area contributed by atoms with Crippen LogP contribution in [-0.2, 0) is 4.79 Å². The third-order valence-corrected chi connectivity index (χ3v) is 4.35. The SMILES string of the molecule is CCN1C(=O)CCC(SC)=C1c1ccc(F)cc1Cl. The van der Waals surface area contributed by atoms with Crippen LogP contribution in [0.5, 0.6) is 0 Å². The second-order valence-corrected chi connectivity index (χ2v) is 5.55. The average molecular weight is 300 g/mol. The first-order chi connectivity index (χ1) is 9.08. The number of allylic oxidation sites excluding steroid dienone is 1. The van der Waals surface area contributed by atoms with Gasteiger partial charge in [-0.05, 0) is 37.8 Å². The van der Waals surface area contributed by atoms with E-state index in [1.54, 1.807) is 22.7 Å². The second kappa shape index (κ2) is 5.97.